The van der Waals surface area contributed by atoms with Gasteiger partial charge in [0.1, 0.15) is 5.15 Å². The number of hydrogen-bond acceptors (Lipinski definition) is 5. The van der Waals surface area contributed by atoms with Gasteiger partial charge in [-0.1, -0.05) is 11.6 Å². The van der Waals surface area contributed by atoms with Crippen LogP contribution in [0.4, 0.5) is 11.4 Å². The van der Waals surface area contributed by atoms with E-state index in [9.17, 15) is 4.79 Å². The summed E-state index contributed by atoms with van der Waals surface area (Å²) >= 11 is 5.76. The Morgan fingerprint density at radius 3 is 2.84 bits per heavy atom. The largest absolute Gasteiger partial charge is 0.378 e. The zero-order valence-electron chi connectivity index (χ0n) is 13.3. The molecule has 1 aliphatic heterocycles. The standard InChI is InChI=1S/C17H16ClN5O2/c18-15-4-1-11(10-19-15)20-17(24)16-13-9-12(2-3-14(13)21-22-16)23-5-7-25-8-6-23/h1-4,9-10H,5-8H2,(H,20,24)(H,21,22). The minimum atomic E-state index is -0.297. The number of aromatic nitrogens is 3. The average molecular weight is 358 g/mol. The fourth-order valence-corrected chi connectivity index (χ4v) is 2.95. The van der Waals surface area contributed by atoms with Crippen LogP contribution in [0.15, 0.2) is 36.5 Å². The number of rotatable bonds is 3. The summed E-state index contributed by atoms with van der Waals surface area (Å²) in [5.74, 6) is -0.297. The van der Waals surface area contributed by atoms with Crippen molar-refractivity contribution in [1.82, 2.24) is 15.2 Å². The second-order valence-electron chi connectivity index (χ2n) is 5.73. The Morgan fingerprint density at radius 2 is 2.08 bits per heavy atom. The van der Waals surface area contributed by atoms with Crippen molar-refractivity contribution in [2.45, 2.75) is 0 Å². The van der Waals surface area contributed by atoms with Gasteiger partial charge in [0.25, 0.3) is 5.91 Å². The number of nitrogens with one attached hydrogen (secondary N) is 2. The van der Waals surface area contributed by atoms with Crippen LogP contribution in [0.3, 0.4) is 0 Å². The number of halogens is 1. The predicted molar refractivity (Wildman–Crippen MR) is 96.3 cm³/mol. The first-order chi connectivity index (χ1) is 12.2. The summed E-state index contributed by atoms with van der Waals surface area (Å²) in [7, 11) is 0. The summed E-state index contributed by atoms with van der Waals surface area (Å²) in [6, 6.07) is 9.27. The molecule has 0 spiro atoms. The van der Waals surface area contributed by atoms with Gasteiger partial charge in [-0.3, -0.25) is 9.89 Å². The molecule has 1 saturated heterocycles. The summed E-state index contributed by atoms with van der Waals surface area (Å²) in [5, 5.41) is 11.0. The molecule has 1 fully saturated rings. The monoisotopic (exact) mass is 357 g/mol. The molecule has 0 saturated carbocycles. The molecule has 1 aliphatic rings. The number of morpholine rings is 1. The van der Waals surface area contributed by atoms with E-state index in [1.165, 1.54) is 6.20 Å². The summed E-state index contributed by atoms with van der Waals surface area (Å²) < 4.78 is 5.39. The summed E-state index contributed by atoms with van der Waals surface area (Å²) in [5.41, 5.74) is 2.78. The smallest absolute Gasteiger partial charge is 0.276 e. The Hall–Kier alpha value is -2.64. The molecule has 25 heavy (non-hydrogen) atoms. The van der Waals surface area contributed by atoms with E-state index in [1.807, 2.05) is 18.2 Å². The van der Waals surface area contributed by atoms with E-state index in [0.29, 0.717) is 29.7 Å². The number of carbonyl (C=O) groups excluding carboxylic acids is 1. The van der Waals surface area contributed by atoms with Gasteiger partial charge in [0.05, 0.1) is 30.6 Å². The molecular weight excluding hydrogens is 342 g/mol. The van der Waals surface area contributed by atoms with Crippen LogP contribution >= 0.6 is 11.6 Å². The number of pyridine rings is 1. The van der Waals surface area contributed by atoms with Gasteiger partial charge in [0, 0.05) is 24.2 Å². The van der Waals surface area contributed by atoms with Crippen LogP contribution in [0.2, 0.25) is 5.15 Å². The molecule has 1 aromatic carbocycles. The number of H-pyrrole nitrogens is 1. The molecule has 0 radical (unpaired) electrons. The van der Waals surface area contributed by atoms with Crippen molar-refractivity contribution < 1.29 is 9.53 Å². The molecule has 0 aliphatic carbocycles. The molecular formula is C17H16ClN5O2. The van der Waals surface area contributed by atoms with Crippen LogP contribution in [0.25, 0.3) is 10.9 Å². The van der Waals surface area contributed by atoms with E-state index < -0.39 is 0 Å². The number of carbonyl (C=O) groups is 1. The maximum Gasteiger partial charge on any atom is 0.276 e. The maximum atomic E-state index is 12.6. The molecule has 0 bridgehead atoms. The zero-order valence-corrected chi connectivity index (χ0v) is 14.1. The molecule has 3 heterocycles. The van der Waals surface area contributed by atoms with E-state index >= 15 is 0 Å². The summed E-state index contributed by atoms with van der Waals surface area (Å²) in [6.07, 6.45) is 1.51. The first-order valence-electron chi connectivity index (χ1n) is 7.94. The third-order valence-corrected chi connectivity index (χ3v) is 4.35. The quantitative estimate of drug-likeness (QED) is 0.704. The fourth-order valence-electron chi connectivity index (χ4n) is 2.83. The van der Waals surface area contributed by atoms with Crippen LogP contribution in [0.1, 0.15) is 10.5 Å². The highest BCUT2D eigenvalue weighted by atomic mass is 35.5. The van der Waals surface area contributed by atoms with Crippen molar-refractivity contribution in [1.29, 1.82) is 0 Å². The van der Waals surface area contributed by atoms with Crippen molar-refractivity contribution >= 4 is 39.8 Å². The van der Waals surface area contributed by atoms with Gasteiger partial charge in [0.15, 0.2) is 5.69 Å². The Balaban J connectivity index is 1.62. The van der Waals surface area contributed by atoms with E-state index in [1.54, 1.807) is 12.1 Å². The van der Waals surface area contributed by atoms with Crippen molar-refractivity contribution in [3.8, 4) is 0 Å². The minimum absolute atomic E-state index is 0.297. The average Bonchev–Trinajstić information content (AvgIpc) is 3.07. The maximum absolute atomic E-state index is 12.6. The van der Waals surface area contributed by atoms with Gasteiger partial charge < -0.3 is 15.0 Å². The topological polar surface area (TPSA) is 83.1 Å². The highest BCUT2D eigenvalue weighted by molar-refractivity contribution is 6.29. The van der Waals surface area contributed by atoms with Crippen molar-refractivity contribution in [2.24, 2.45) is 0 Å². The first-order valence-corrected chi connectivity index (χ1v) is 8.32. The number of benzene rings is 1. The van der Waals surface area contributed by atoms with Crippen molar-refractivity contribution in [2.75, 3.05) is 36.5 Å². The SMILES string of the molecule is O=C(Nc1ccc(Cl)nc1)c1n[nH]c2ccc(N3CCOCC3)cc12. The van der Waals surface area contributed by atoms with Crippen molar-refractivity contribution in [3.63, 3.8) is 0 Å². The lowest BCUT2D eigenvalue weighted by molar-refractivity contribution is 0.102. The van der Waals surface area contributed by atoms with Crippen molar-refractivity contribution in [3.05, 3.63) is 47.4 Å². The van der Waals surface area contributed by atoms with Gasteiger partial charge in [0.2, 0.25) is 0 Å². The molecule has 1 amide bonds. The van der Waals surface area contributed by atoms with Gasteiger partial charge >= 0.3 is 0 Å². The zero-order chi connectivity index (χ0) is 17.2. The molecule has 0 atom stereocenters. The molecule has 4 rings (SSSR count). The Kier molecular flexibility index (Phi) is 4.25. The molecule has 128 valence electrons. The Bertz CT molecular complexity index is 903. The fraction of sp³-hybridized carbons (Fsp3) is 0.235. The highest BCUT2D eigenvalue weighted by Crippen LogP contribution is 2.24. The minimum Gasteiger partial charge on any atom is -0.378 e. The van der Waals surface area contributed by atoms with Crippen LogP contribution in [-0.4, -0.2) is 47.4 Å². The predicted octanol–water partition coefficient (Wildman–Crippen LogP) is 2.70. The van der Waals surface area contributed by atoms with Crippen LogP contribution in [0.5, 0.6) is 0 Å². The summed E-state index contributed by atoms with van der Waals surface area (Å²) in [4.78, 5) is 18.8. The van der Waals surface area contributed by atoms with E-state index in [0.717, 1.165) is 29.7 Å². The lowest BCUT2D eigenvalue weighted by Gasteiger charge is -2.28. The molecule has 8 heteroatoms. The number of nitrogens with zero attached hydrogens (tertiary/aromatic N) is 3. The lowest BCUT2D eigenvalue weighted by Crippen LogP contribution is -2.36. The van der Waals surface area contributed by atoms with E-state index in [-0.39, 0.29) is 5.91 Å². The van der Waals surface area contributed by atoms with E-state index in [4.69, 9.17) is 16.3 Å². The van der Waals surface area contributed by atoms with Gasteiger partial charge in [-0.25, -0.2) is 4.98 Å². The lowest BCUT2D eigenvalue weighted by atomic mass is 10.1. The van der Waals surface area contributed by atoms with Gasteiger partial charge in [-0.2, -0.15) is 5.10 Å². The second kappa shape index (κ2) is 6.70. The molecule has 2 aromatic heterocycles. The molecule has 7 nitrogen and oxygen atoms in total. The summed E-state index contributed by atoms with van der Waals surface area (Å²) in [6.45, 7) is 3.09. The second-order valence-corrected chi connectivity index (χ2v) is 6.11. The van der Waals surface area contributed by atoms with Crippen LogP contribution in [-0.2, 0) is 4.74 Å². The number of hydrogen-bond donors (Lipinski definition) is 2. The number of amides is 1. The number of anilines is 2. The third-order valence-electron chi connectivity index (χ3n) is 4.12. The number of ether oxygens (including phenoxy) is 1. The molecule has 0 unspecified atom stereocenters. The van der Waals surface area contributed by atoms with Crippen LogP contribution in [0, 0.1) is 0 Å². The molecule has 3 aromatic rings. The third kappa shape index (κ3) is 3.29. The number of aromatic amines is 1. The normalized spacial score (nSPS) is 14.7. The molecule has 2 N–H and O–H groups in total. The van der Waals surface area contributed by atoms with Gasteiger partial charge in [-0.05, 0) is 30.3 Å². The Morgan fingerprint density at radius 1 is 1.24 bits per heavy atom. The first kappa shape index (κ1) is 15.9. The Labute approximate surface area is 148 Å². The van der Waals surface area contributed by atoms with Gasteiger partial charge in [-0.15, -0.1) is 0 Å². The highest BCUT2D eigenvalue weighted by Gasteiger charge is 2.17. The van der Waals surface area contributed by atoms with Crippen LogP contribution < -0.4 is 10.2 Å². The van der Waals surface area contributed by atoms with E-state index in [2.05, 4.69) is 25.4 Å². The number of fused-ring (bicyclic) bond motifs is 1.